The third-order valence-corrected chi connectivity index (χ3v) is 2.54. The van der Waals surface area contributed by atoms with Gasteiger partial charge in [-0.3, -0.25) is 14.5 Å². The Labute approximate surface area is 115 Å². The molecule has 6 heteroatoms. The van der Waals surface area contributed by atoms with E-state index in [1.165, 1.54) is 4.90 Å². The van der Waals surface area contributed by atoms with Gasteiger partial charge in [0, 0.05) is 26.7 Å². The molecule has 0 radical (unpaired) electrons. The lowest BCUT2D eigenvalue weighted by atomic mass is 10.4. The molecule has 0 aromatic carbocycles. The smallest absolute Gasteiger partial charge is 0.239 e. The molecule has 0 aliphatic rings. The Hall–Kier alpha value is -1.40. The molecule has 0 spiro atoms. The van der Waals surface area contributed by atoms with Crippen LogP contribution < -0.4 is 5.32 Å². The number of carbonyl (C=O) groups is 2. The number of carbonyl (C=O) groups excluding carboxylic acids is 2. The third kappa shape index (κ3) is 8.34. The SMILES string of the molecule is C=CCN(CCO)CC(=O)N(C)CC(=O)NCCC. The maximum absolute atomic E-state index is 11.9. The Morgan fingerprint density at radius 3 is 2.58 bits per heavy atom. The molecule has 0 fully saturated rings. The second-order valence-electron chi connectivity index (χ2n) is 4.35. The summed E-state index contributed by atoms with van der Waals surface area (Å²) >= 11 is 0. The predicted molar refractivity (Wildman–Crippen MR) is 74.7 cm³/mol. The summed E-state index contributed by atoms with van der Waals surface area (Å²) in [6.07, 6.45) is 2.55. The molecular weight excluding hydrogens is 246 g/mol. The highest BCUT2D eigenvalue weighted by atomic mass is 16.3. The lowest BCUT2D eigenvalue weighted by molar-refractivity contribution is -0.135. The van der Waals surface area contributed by atoms with Crippen LogP contribution in [0.1, 0.15) is 13.3 Å². The van der Waals surface area contributed by atoms with Gasteiger partial charge < -0.3 is 15.3 Å². The molecular formula is C13H25N3O3. The summed E-state index contributed by atoms with van der Waals surface area (Å²) < 4.78 is 0. The largest absolute Gasteiger partial charge is 0.395 e. The maximum Gasteiger partial charge on any atom is 0.239 e. The highest BCUT2D eigenvalue weighted by Crippen LogP contribution is 1.93. The average molecular weight is 271 g/mol. The van der Waals surface area contributed by atoms with Crippen molar-refractivity contribution < 1.29 is 14.7 Å². The molecule has 110 valence electrons. The van der Waals surface area contributed by atoms with E-state index in [0.717, 1.165) is 6.42 Å². The van der Waals surface area contributed by atoms with Crippen molar-refractivity contribution in [2.45, 2.75) is 13.3 Å². The molecule has 0 heterocycles. The zero-order valence-electron chi connectivity index (χ0n) is 11.9. The predicted octanol–water partition coefficient (Wildman–Crippen LogP) is -0.549. The maximum atomic E-state index is 11.9. The van der Waals surface area contributed by atoms with Gasteiger partial charge >= 0.3 is 0 Å². The summed E-state index contributed by atoms with van der Waals surface area (Å²) in [5.74, 6) is -0.308. The van der Waals surface area contributed by atoms with Gasteiger partial charge in [0.05, 0.1) is 19.7 Å². The first kappa shape index (κ1) is 17.6. The van der Waals surface area contributed by atoms with Gasteiger partial charge in [0.1, 0.15) is 0 Å². The van der Waals surface area contributed by atoms with E-state index in [4.69, 9.17) is 5.11 Å². The van der Waals surface area contributed by atoms with Gasteiger partial charge in [-0.15, -0.1) is 6.58 Å². The van der Waals surface area contributed by atoms with Gasteiger partial charge in [-0.1, -0.05) is 13.0 Å². The molecule has 0 rings (SSSR count). The highest BCUT2D eigenvalue weighted by Gasteiger charge is 2.15. The Bertz CT molecular complexity index is 295. The summed E-state index contributed by atoms with van der Waals surface area (Å²) in [5.41, 5.74) is 0. The number of amides is 2. The fourth-order valence-electron chi connectivity index (χ4n) is 1.49. The fraction of sp³-hybridized carbons (Fsp3) is 0.692. The van der Waals surface area contributed by atoms with Crippen LogP contribution in [-0.2, 0) is 9.59 Å². The lowest BCUT2D eigenvalue weighted by Crippen LogP contribution is -2.44. The number of aliphatic hydroxyl groups excluding tert-OH is 1. The average Bonchev–Trinajstić information content (AvgIpc) is 2.36. The molecule has 2 N–H and O–H groups in total. The number of nitrogens with zero attached hydrogens (tertiary/aromatic N) is 2. The number of aliphatic hydroxyl groups is 1. The first-order valence-electron chi connectivity index (χ1n) is 6.49. The van der Waals surface area contributed by atoms with Crippen LogP contribution in [-0.4, -0.2) is 73.1 Å². The lowest BCUT2D eigenvalue weighted by Gasteiger charge is -2.23. The van der Waals surface area contributed by atoms with E-state index < -0.39 is 0 Å². The summed E-state index contributed by atoms with van der Waals surface area (Å²) in [6.45, 7) is 7.35. The molecule has 0 unspecified atom stereocenters. The van der Waals surface area contributed by atoms with E-state index in [9.17, 15) is 9.59 Å². The molecule has 2 amide bonds. The van der Waals surface area contributed by atoms with Crippen LogP contribution in [0, 0.1) is 0 Å². The number of likely N-dealkylation sites (N-methyl/N-ethyl adjacent to an activating group) is 1. The molecule has 0 atom stereocenters. The van der Waals surface area contributed by atoms with E-state index in [2.05, 4.69) is 11.9 Å². The van der Waals surface area contributed by atoms with E-state index in [1.807, 2.05) is 6.92 Å². The van der Waals surface area contributed by atoms with Crippen LogP contribution >= 0.6 is 0 Å². The van der Waals surface area contributed by atoms with Crippen LogP contribution in [0.4, 0.5) is 0 Å². The molecule has 0 saturated carbocycles. The Morgan fingerprint density at radius 1 is 1.37 bits per heavy atom. The first-order valence-corrected chi connectivity index (χ1v) is 6.49. The van der Waals surface area contributed by atoms with Crippen LogP contribution in [0.25, 0.3) is 0 Å². The van der Waals surface area contributed by atoms with Crippen LogP contribution in [0.5, 0.6) is 0 Å². The topological polar surface area (TPSA) is 72.9 Å². The Kier molecular flexibility index (Phi) is 9.74. The molecule has 0 saturated heterocycles. The number of hydrogen-bond acceptors (Lipinski definition) is 4. The zero-order chi connectivity index (χ0) is 14.7. The summed E-state index contributed by atoms with van der Waals surface area (Å²) in [5, 5.41) is 11.6. The monoisotopic (exact) mass is 271 g/mol. The third-order valence-electron chi connectivity index (χ3n) is 2.54. The fourth-order valence-corrected chi connectivity index (χ4v) is 1.49. The minimum Gasteiger partial charge on any atom is -0.395 e. The van der Waals surface area contributed by atoms with E-state index in [-0.39, 0.29) is 31.5 Å². The van der Waals surface area contributed by atoms with Gasteiger partial charge in [0.2, 0.25) is 11.8 Å². The molecule has 0 aromatic heterocycles. The quantitative estimate of drug-likeness (QED) is 0.523. The van der Waals surface area contributed by atoms with Gasteiger partial charge in [0.25, 0.3) is 0 Å². The zero-order valence-corrected chi connectivity index (χ0v) is 11.9. The van der Waals surface area contributed by atoms with Crippen molar-refractivity contribution in [3.05, 3.63) is 12.7 Å². The Balaban J connectivity index is 4.15. The van der Waals surface area contributed by atoms with Gasteiger partial charge in [-0.25, -0.2) is 0 Å². The second kappa shape index (κ2) is 10.5. The molecule has 0 aromatic rings. The summed E-state index contributed by atoms with van der Waals surface area (Å²) in [4.78, 5) is 26.5. The van der Waals surface area contributed by atoms with Gasteiger partial charge in [-0.2, -0.15) is 0 Å². The van der Waals surface area contributed by atoms with Gasteiger partial charge in [0.15, 0.2) is 0 Å². The van der Waals surface area contributed by atoms with Crippen molar-refractivity contribution in [2.24, 2.45) is 0 Å². The molecule has 0 aliphatic carbocycles. The Morgan fingerprint density at radius 2 is 2.05 bits per heavy atom. The summed E-state index contributed by atoms with van der Waals surface area (Å²) in [6, 6.07) is 0. The second-order valence-corrected chi connectivity index (χ2v) is 4.35. The van der Waals surface area contributed by atoms with Crippen LogP contribution in [0.3, 0.4) is 0 Å². The van der Waals surface area contributed by atoms with Crippen molar-refractivity contribution in [1.29, 1.82) is 0 Å². The first-order chi connectivity index (χ1) is 9.04. The number of rotatable bonds is 10. The van der Waals surface area contributed by atoms with Crippen LogP contribution in [0.2, 0.25) is 0 Å². The van der Waals surface area contributed by atoms with Gasteiger partial charge in [-0.05, 0) is 6.42 Å². The van der Waals surface area contributed by atoms with Crippen LogP contribution in [0.15, 0.2) is 12.7 Å². The number of hydrogen-bond donors (Lipinski definition) is 2. The standard InChI is InChI=1S/C13H25N3O3/c1-4-6-14-12(18)10-15(3)13(19)11-16(7-5-2)8-9-17/h5,17H,2,4,6-11H2,1,3H3,(H,14,18). The van der Waals surface area contributed by atoms with Crippen molar-refractivity contribution in [3.8, 4) is 0 Å². The van der Waals surface area contributed by atoms with Crippen molar-refractivity contribution >= 4 is 11.8 Å². The molecule has 0 aliphatic heterocycles. The molecule has 0 bridgehead atoms. The van der Waals surface area contributed by atoms with Crippen molar-refractivity contribution in [3.63, 3.8) is 0 Å². The van der Waals surface area contributed by atoms with E-state index in [0.29, 0.717) is 19.6 Å². The van der Waals surface area contributed by atoms with Crippen molar-refractivity contribution in [2.75, 3.05) is 46.4 Å². The molecule has 19 heavy (non-hydrogen) atoms. The minimum atomic E-state index is -0.157. The number of nitrogens with one attached hydrogen (secondary N) is 1. The van der Waals surface area contributed by atoms with E-state index in [1.54, 1.807) is 18.0 Å². The summed E-state index contributed by atoms with van der Waals surface area (Å²) in [7, 11) is 1.60. The van der Waals surface area contributed by atoms with E-state index >= 15 is 0 Å². The molecule has 6 nitrogen and oxygen atoms in total. The normalized spacial score (nSPS) is 10.3. The highest BCUT2D eigenvalue weighted by molar-refractivity contribution is 5.85. The van der Waals surface area contributed by atoms with Crippen molar-refractivity contribution in [1.82, 2.24) is 15.1 Å². The minimum absolute atomic E-state index is 0.0121.